The van der Waals surface area contributed by atoms with Crippen LogP contribution in [0.1, 0.15) is 5.82 Å². The summed E-state index contributed by atoms with van der Waals surface area (Å²) in [5.74, 6) is 0.627. The Bertz CT molecular complexity index is 761. The zero-order chi connectivity index (χ0) is 13.6. The molecule has 0 spiro atoms. The van der Waals surface area contributed by atoms with Crippen molar-refractivity contribution in [3.8, 4) is 0 Å². The zero-order valence-corrected chi connectivity index (χ0v) is 10.9. The highest BCUT2D eigenvalue weighted by Gasteiger charge is 2.13. The zero-order valence-electron chi connectivity index (χ0n) is 10.1. The maximum atomic E-state index is 13.4. The minimum atomic E-state index is -0.504. The molecule has 0 fully saturated rings. The molecule has 2 heterocycles. The van der Waals surface area contributed by atoms with Gasteiger partial charge in [-0.3, -0.25) is 0 Å². The molecule has 0 saturated carbocycles. The van der Waals surface area contributed by atoms with Crippen molar-refractivity contribution >= 4 is 28.6 Å². The van der Waals surface area contributed by atoms with Crippen LogP contribution in [0.2, 0.25) is 5.02 Å². The summed E-state index contributed by atoms with van der Waals surface area (Å²) in [6.07, 6.45) is 3.55. The maximum Gasteiger partial charge on any atom is 0.201 e. The molecule has 5 nitrogen and oxygen atoms in total. The summed E-state index contributed by atoms with van der Waals surface area (Å²) >= 11 is 5.80. The van der Waals surface area contributed by atoms with Crippen molar-refractivity contribution in [3.63, 3.8) is 0 Å². The van der Waals surface area contributed by atoms with Crippen LogP contribution in [0.25, 0.3) is 11.0 Å². The standard InChI is InChI=1S/C12H11ClFN5/c1-18-3-2-16-11(18)6-19-10-4-7(13)8(14)5-9(10)17-12(19)15/h2-5H,6H2,1H3,(H2,15,17). The van der Waals surface area contributed by atoms with Gasteiger partial charge in [0.05, 0.1) is 22.6 Å². The number of halogens is 2. The van der Waals surface area contributed by atoms with Gasteiger partial charge in [0, 0.05) is 25.5 Å². The number of imidazole rings is 2. The van der Waals surface area contributed by atoms with Crippen molar-refractivity contribution in [2.75, 3.05) is 5.73 Å². The Kier molecular flexibility index (Phi) is 2.67. The van der Waals surface area contributed by atoms with Gasteiger partial charge in [0.2, 0.25) is 5.95 Å². The fraction of sp³-hybridized carbons (Fsp3) is 0.167. The van der Waals surface area contributed by atoms with Gasteiger partial charge in [0.15, 0.2) is 0 Å². The summed E-state index contributed by atoms with van der Waals surface area (Å²) in [6, 6.07) is 2.81. The van der Waals surface area contributed by atoms with E-state index in [9.17, 15) is 4.39 Å². The second-order valence-electron chi connectivity index (χ2n) is 4.27. The Hall–Kier alpha value is -2.08. The van der Waals surface area contributed by atoms with Crippen LogP contribution < -0.4 is 5.73 Å². The second-order valence-corrected chi connectivity index (χ2v) is 4.67. The molecule has 1 aromatic carbocycles. The lowest BCUT2D eigenvalue weighted by molar-refractivity contribution is 0.629. The molecule has 2 aromatic heterocycles. The molecule has 0 atom stereocenters. The van der Waals surface area contributed by atoms with Gasteiger partial charge < -0.3 is 14.9 Å². The summed E-state index contributed by atoms with van der Waals surface area (Å²) in [6.45, 7) is 0.452. The van der Waals surface area contributed by atoms with Crippen molar-refractivity contribution < 1.29 is 4.39 Å². The Labute approximate surface area is 113 Å². The predicted octanol–water partition coefficient (Wildman–Crippen LogP) is 2.19. The lowest BCUT2D eigenvalue weighted by Gasteiger charge is -2.06. The third-order valence-corrected chi connectivity index (χ3v) is 3.33. The molecule has 0 amide bonds. The third-order valence-electron chi connectivity index (χ3n) is 3.04. The lowest BCUT2D eigenvalue weighted by Crippen LogP contribution is -2.08. The first-order valence-electron chi connectivity index (χ1n) is 5.63. The average Bonchev–Trinajstić information content (AvgIpc) is 2.88. The number of aryl methyl sites for hydroxylation is 1. The van der Waals surface area contributed by atoms with Crippen LogP contribution >= 0.6 is 11.6 Å². The van der Waals surface area contributed by atoms with Crippen molar-refractivity contribution in [2.45, 2.75) is 6.54 Å². The molecule has 0 radical (unpaired) electrons. The number of nitrogens with two attached hydrogens (primary N) is 1. The van der Waals surface area contributed by atoms with Gasteiger partial charge in [-0.2, -0.15) is 0 Å². The summed E-state index contributed by atoms with van der Waals surface area (Å²) in [4.78, 5) is 8.36. The lowest BCUT2D eigenvalue weighted by atomic mass is 10.3. The fourth-order valence-corrected chi connectivity index (χ4v) is 2.15. The molecule has 0 aliphatic heterocycles. The van der Waals surface area contributed by atoms with Crippen molar-refractivity contribution in [1.29, 1.82) is 0 Å². The van der Waals surface area contributed by atoms with Gasteiger partial charge in [-0.15, -0.1) is 0 Å². The van der Waals surface area contributed by atoms with E-state index in [1.54, 1.807) is 10.8 Å². The Balaban J connectivity index is 2.15. The number of fused-ring (bicyclic) bond motifs is 1. The van der Waals surface area contributed by atoms with Crippen molar-refractivity contribution in [1.82, 2.24) is 19.1 Å². The van der Waals surface area contributed by atoms with Gasteiger partial charge in [0.1, 0.15) is 11.6 Å². The highest BCUT2D eigenvalue weighted by Crippen LogP contribution is 2.25. The Morgan fingerprint density at radius 1 is 1.42 bits per heavy atom. The molecule has 0 saturated heterocycles. The van der Waals surface area contributed by atoms with Gasteiger partial charge in [-0.05, 0) is 6.07 Å². The highest BCUT2D eigenvalue weighted by atomic mass is 35.5. The second kappa shape index (κ2) is 4.24. The number of aromatic nitrogens is 4. The van der Waals surface area contributed by atoms with E-state index in [2.05, 4.69) is 9.97 Å². The molecular weight excluding hydrogens is 269 g/mol. The van der Waals surface area contributed by atoms with E-state index < -0.39 is 5.82 Å². The molecule has 3 rings (SSSR count). The van der Waals surface area contributed by atoms with E-state index in [0.717, 1.165) is 5.82 Å². The smallest absolute Gasteiger partial charge is 0.201 e. The average molecular weight is 280 g/mol. The molecule has 0 unspecified atom stereocenters. The van der Waals surface area contributed by atoms with Gasteiger partial charge in [-0.1, -0.05) is 11.6 Å². The van der Waals surface area contributed by atoms with Crippen LogP contribution in [0.4, 0.5) is 10.3 Å². The molecule has 0 aliphatic rings. The molecule has 2 N–H and O–H groups in total. The number of hydrogen-bond acceptors (Lipinski definition) is 3. The molecule has 98 valence electrons. The minimum absolute atomic E-state index is 0.0495. The number of benzene rings is 1. The van der Waals surface area contributed by atoms with E-state index >= 15 is 0 Å². The van der Waals surface area contributed by atoms with Crippen molar-refractivity contribution in [3.05, 3.63) is 41.2 Å². The normalized spacial score (nSPS) is 11.3. The van der Waals surface area contributed by atoms with E-state index in [1.807, 2.05) is 17.8 Å². The maximum absolute atomic E-state index is 13.4. The fourth-order valence-electron chi connectivity index (χ4n) is 2.00. The van der Waals surface area contributed by atoms with E-state index in [4.69, 9.17) is 17.3 Å². The molecular formula is C12H11ClFN5. The van der Waals surface area contributed by atoms with Crippen molar-refractivity contribution in [2.24, 2.45) is 7.05 Å². The molecule has 0 bridgehead atoms. The Morgan fingerprint density at radius 3 is 2.89 bits per heavy atom. The summed E-state index contributed by atoms with van der Waals surface area (Å²) in [7, 11) is 1.89. The SMILES string of the molecule is Cn1ccnc1Cn1c(N)nc2cc(F)c(Cl)cc21. The minimum Gasteiger partial charge on any atom is -0.369 e. The van der Waals surface area contributed by atoms with Crippen LogP contribution in [0.5, 0.6) is 0 Å². The van der Waals surface area contributed by atoms with E-state index in [0.29, 0.717) is 23.5 Å². The number of rotatable bonds is 2. The quantitative estimate of drug-likeness (QED) is 0.782. The Morgan fingerprint density at radius 2 is 2.21 bits per heavy atom. The number of anilines is 1. The van der Waals surface area contributed by atoms with Crippen LogP contribution in [0, 0.1) is 5.82 Å². The van der Waals surface area contributed by atoms with Gasteiger partial charge in [-0.25, -0.2) is 14.4 Å². The summed E-state index contributed by atoms with van der Waals surface area (Å²) < 4.78 is 17.0. The topological polar surface area (TPSA) is 61.7 Å². The van der Waals surface area contributed by atoms with E-state index in [-0.39, 0.29) is 5.02 Å². The molecule has 0 aliphatic carbocycles. The number of nitrogens with zero attached hydrogens (tertiary/aromatic N) is 4. The number of hydrogen-bond donors (Lipinski definition) is 1. The molecule has 3 aromatic rings. The first-order valence-corrected chi connectivity index (χ1v) is 6.01. The number of nitrogen functional groups attached to an aromatic ring is 1. The summed E-state index contributed by atoms with van der Waals surface area (Å²) in [5.41, 5.74) is 7.04. The van der Waals surface area contributed by atoms with Crippen LogP contribution in [-0.2, 0) is 13.6 Å². The monoisotopic (exact) mass is 279 g/mol. The first kappa shape index (κ1) is 12.0. The molecule has 7 heteroatoms. The van der Waals surface area contributed by atoms with E-state index in [1.165, 1.54) is 12.1 Å². The predicted molar refractivity (Wildman–Crippen MR) is 71.4 cm³/mol. The van der Waals surface area contributed by atoms with Crippen LogP contribution in [0.15, 0.2) is 24.5 Å². The van der Waals surface area contributed by atoms with Crippen LogP contribution in [-0.4, -0.2) is 19.1 Å². The highest BCUT2D eigenvalue weighted by molar-refractivity contribution is 6.31. The van der Waals surface area contributed by atoms with Gasteiger partial charge in [0.25, 0.3) is 0 Å². The summed E-state index contributed by atoms with van der Waals surface area (Å²) in [5, 5.41) is 0.0495. The largest absolute Gasteiger partial charge is 0.369 e. The van der Waals surface area contributed by atoms with Gasteiger partial charge >= 0.3 is 0 Å². The third kappa shape index (κ3) is 1.94. The first-order chi connectivity index (χ1) is 9.06. The van der Waals surface area contributed by atoms with Crippen LogP contribution in [0.3, 0.4) is 0 Å². The molecule has 19 heavy (non-hydrogen) atoms.